The molecule has 0 saturated carbocycles. The van der Waals surface area contributed by atoms with Gasteiger partial charge in [0.05, 0.1) is 18.1 Å². The monoisotopic (exact) mass is 461 g/mol. The number of nitrogens with zero attached hydrogens (tertiary/aromatic N) is 2. The summed E-state index contributed by atoms with van der Waals surface area (Å²) in [5.74, 6) is 0.175. The van der Waals surface area contributed by atoms with Crippen LogP contribution >= 0.6 is 0 Å². The molecule has 4 aromatic rings. The van der Waals surface area contributed by atoms with E-state index in [4.69, 9.17) is 4.74 Å². The number of ether oxygens (including phenoxy) is 1. The van der Waals surface area contributed by atoms with Gasteiger partial charge in [0.25, 0.3) is 0 Å². The number of amides is 1. The third-order valence-electron chi connectivity index (χ3n) is 5.46. The number of aryl methyl sites for hydroxylation is 1. The van der Waals surface area contributed by atoms with Crippen LogP contribution in [0.3, 0.4) is 0 Å². The maximum Gasteiger partial charge on any atom is 0.228 e. The number of pyridine rings is 1. The fraction of sp³-hybridized carbons (Fsp3) is 0.103. The summed E-state index contributed by atoms with van der Waals surface area (Å²) in [5.41, 5.74) is 4.46. The minimum atomic E-state index is -0.254. The summed E-state index contributed by atoms with van der Waals surface area (Å²) in [7, 11) is 0. The Bertz CT molecular complexity index is 1390. The Morgan fingerprint density at radius 1 is 1.00 bits per heavy atom. The lowest BCUT2D eigenvalue weighted by Gasteiger charge is -2.13. The SMILES string of the molecule is Cc1cc(NC(=O)Cc2cc(C#N)ccc2OCc2ccccc2)ccc1C(=O)c1cccnc1. The van der Waals surface area contributed by atoms with Crippen LogP contribution in [0.5, 0.6) is 5.75 Å². The smallest absolute Gasteiger partial charge is 0.228 e. The van der Waals surface area contributed by atoms with Crippen molar-refractivity contribution in [2.75, 3.05) is 5.32 Å². The predicted molar refractivity (Wildman–Crippen MR) is 133 cm³/mol. The van der Waals surface area contributed by atoms with Crippen LogP contribution in [-0.2, 0) is 17.8 Å². The van der Waals surface area contributed by atoms with E-state index in [1.165, 1.54) is 6.20 Å². The normalized spacial score (nSPS) is 10.3. The van der Waals surface area contributed by atoms with Crippen LogP contribution in [0.2, 0.25) is 0 Å². The molecule has 0 aliphatic rings. The number of carbonyl (C=O) groups excluding carboxylic acids is 2. The molecule has 0 saturated heterocycles. The lowest BCUT2D eigenvalue weighted by Crippen LogP contribution is -2.16. The second kappa shape index (κ2) is 10.9. The Morgan fingerprint density at radius 3 is 2.54 bits per heavy atom. The van der Waals surface area contributed by atoms with Gasteiger partial charge < -0.3 is 10.1 Å². The molecule has 6 nitrogen and oxygen atoms in total. The van der Waals surface area contributed by atoms with Crippen LogP contribution in [0.1, 0.15) is 38.2 Å². The van der Waals surface area contributed by atoms with E-state index in [0.717, 1.165) is 11.1 Å². The number of aromatic nitrogens is 1. The van der Waals surface area contributed by atoms with E-state index in [9.17, 15) is 14.9 Å². The molecule has 0 radical (unpaired) electrons. The summed E-state index contributed by atoms with van der Waals surface area (Å²) < 4.78 is 5.95. The Kier molecular flexibility index (Phi) is 7.29. The molecule has 1 amide bonds. The average Bonchev–Trinajstić information content (AvgIpc) is 2.88. The van der Waals surface area contributed by atoms with Crippen molar-refractivity contribution in [3.8, 4) is 11.8 Å². The molecule has 0 bridgehead atoms. The molecule has 3 aromatic carbocycles. The van der Waals surface area contributed by atoms with Gasteiger partial charge in [-0.25, -0.2) is 0 Å². The predicted octanol–water partition coefficient (Wildman–Crippen LogP) is 5.25. The zero-order valence-corrected chi connectivity index (χ0v) is 19.2. The molecule has 1 heterocycles. The number of rotatable bonds is 8. The van der Waals surface area contributed by atoms with Crippen molar-refractivity contribution < 1.29 is 14.3 Å². The molecular weight excluding hydrogens is 438 g/mol. The summed E-state index contributed by atoms with van der Waals surface area (Å²) in [6, 6.07) is 25.5. The van der Waals surface area contributed by atoms with E-state index >= 15 is 0 Å². The number of hydrogen-bond acceptors (Lipinski definition) is 5. The molecule has 0 atom stereocenters. The molecule has 4 rings (SSSR count). The highest BCUT2D eigenvalue weighted by Crippen LogP contribution is 2.23. The largest absolute Gasteiger partial charge is 0.489 e. The zero-order chi connectivity index (χ0) is 24.6. The molecule has 0 aliphatic carbocycles. The molecule has 0 aliphatic heterocycles. The van der Waals surface area contributed by atoms with Gasteiger partial charge >= 0.3 is 0 Å². The minimum Gasteiger partial charge on any atom is -0.489 e. The highest BCUT2D eigenvalue weighted by Gasteiger charge is 2.15. The number of benzene rings is 3. The summed E-state index contributed by atoms with van der Waals surface area (Å²) in [5, 5.41) is 12.2. The van der Waals surface area contributed by atoms with Gasteiger partial charge in [0.1, 0.15) is 12.4 Å². The van der Waals surface area contributed by atoms with Crippen molar-refractivity contribution in [3.05, 3.63) is 125 Å². The van der Waals surface area contributed by atoms with Crippen LogP contribution in [0.4, 0.5) is 5.69 Å². The first kappa shape index (κ1) is 23.4. The van der Waals surface area contributed by atoms with E-state index in [2.05, 4.69) is 16.4 Å². The Morgan fingerprint density at radius 2 is 1.83 bits per heavy atom. The number of nitrogens with one attached hydrogen (secondary N) is 1. The summed E-state index contributed by atoms with van der Waals surface area (Å²) in [6.45, 7) is 2.18. The molecule has 35 heavy (non-hydrogen) atoms. The van der Waals surface area contributed by atoms with Gasteiger partial charge in [-0.2, -0.15) is 5.26 Å². The van der Waals surface area contributed by atoms with Crippen LogP contribution in [0, 0.1) is 18.3 Å². The Labute approximate surface area is 203 Å². The Balaban J connectivity index is 1.46. The van der Waals surface area contributed by atoms with E-state index < -0.39 is 0 Å². The van der Waals surface area contributed by atoms with Gasteiger partial charge in [0.2, 0.25) is 5.91 Å². The van der Waals surface area contributed by atoms with E-state index in [1.807, 2.05) is 37.3 Å². The van der Waals surface area contributed by atoms with Crippen molar-refractivity contribution in [3.63, 3.8) is 0 Å². The maximum atomic E-state index is 12.8. The number of carbonyl (C=O) groups is 2. The average molecular weight is 462 g/mol. The van der Waals surface area contributed by atoms with Crippen molar-refractivity contribution in [1.82, 2.24) is 4.98 Å². The van der Waals surface area contributed by atoms with Gasteiger partial charge in [0, 0.05) is 34.8 Å². The van der Waals surface area contributed by atoms with E-state index in [0.29, 0.717) is 40.3 Å². The van der Waals surface area contributed by atoms with Crippen LogP contribution in [-0.4, -0.2) is 16.7 Å². The highest BCUT2D eigenvalue weighted by atomic mass is 16.5. The fourth-order valence-corrected chi connectivity index (χ4v) is 3.69. The van der Waals surface area contributed by atoms with Crippen molar-refractivity contribution in [2.24, 2.45) is 0 Å². The summed E-state index contributed by atoms with van der Waals surface area (Å²) >= 11 is 0. The van der Waals surface area contributed by atoms with E-state index in [-0.39, 0.29) is 18.1 Å². The van der Waals surface area contributed by atoms with Gasteiger partial charge in [-0.3, -0.25) is 14.6 Å². The molecule has 0 fully saturated rings. The van der Waals surface area contributed by atoms with Gasteiger partial charge in [-0.15, -0.1) is 0 Å². The Hall–Kier alpha value is -4.76. The van der Waals surface area contributed by atoms with Gasteiger partial charge in [0.15, 0.2) is 5.78 Å². The van der Waals surface area contributed by atoms with Gasteiger partial charge in [-0.05, 0) is 66.6 Å². The first-order valence-electron chi connectivity index (χ1n) is 11.1. The molecule has 0 spiro atoms. The number of nitriles is 1. The number of anilines is 1. The first-order chi connectivity index (χ1) is 17.0. The van der Waals surface area contributed by atoms with Crippen molar-refractivity contribution in [1.29, 1.82) is 5.26 Å². The second-order valence-corrected chi connectivity index (χ2v) is 8.03. The van der Waals surface area contributed by atoms with Gasteiger partial charge in [-0.1, -0.05) is 30.3 Å². The van der Waals surface area contributed by atoms with Crippen LogP contribution in [0.25, 0.3) is 0 Å². The molecular formula is C29H23N3O3. The summed E-state index contributed by atoms with van der Waals surface area (Å²) in [6.07, 6.45) is 3.19. The fourth-order valence-electron chi connectivity index (χ4n) is 3.69. The lowest BCUT2D eigenvalue weighted by molar-refractivity contribution is -0.115. The lowest BCUT2D eigenvalue weighted by atomic mass is 9.99. The standard InChI is InChI=1S/C29H23N3O3/c1-20-14-25(10-11-26(20)29(34)23-8-5-13-31-18-23)32-28(33)16-24-15-22(17-30)9-12-27(24)35-19-21-6-3-2-4-7-21/h2-15,18H,16,19H2,1H3,(H,32,33). The third-order valence-corrected chi connectivity index (χ3v) is 5.46. The molecule has 0 unspecified atom stereocenters. The highest BCUT2D eigenvalue weighted by molar-refractivity contribution is 6.10. The van der Waals surface area contributed by atoms with E-state index in [1.54, 1.807) is 54.7 Å². The first-order valence-corrected chi connectivity index (χ1v) is 11.1. The molecule has 1 aromatic heterocycles. The quantitative estimate of drug-likeness (QED) is 0.362. The number of ketones is 1. The zero-order valence-electron chi connectivity index (χ0n) is 19.2. The summed E-state index contributed by atoms with van der Waals surface area (Å²) in [4.78, 5) is 29.6. The topological polar surface area (TPSA) is 92.1 Å². The number of hydrogen-bond donors (Lipinski definition) is 1. The van der Waals surface area contributed by atoms with Crippen LogP contribution in [0.15, 0.2) is 91.3 Å². The van der Waals surface area contributed by atoms with Crippen molar-refractivity contribution in [2.45, 2.75) is 20.0 Å². The molecule has 1 N–H and O–H groups in total. The maximum absolute atomic E-state index is 12.8. The van der Waals surface area contributed by atoms with Crippen molar-refractivity contribution >= 4 is 17.4 Å². The molecule has 6 heteroatoms. The van der Waals surface area contributed by atoms with Crippen LogP contribution < -0.4 is 10.1 Å². The minimum absolute atomic E-state index is 0.0368. The second-order valence-electron chi connectivity index (χ2n) is 8.03. The third kappa shape index (κ3) is 5.98. The molecule has 172 valence electrons.